The predicted octanol–water partition coefficient (Wildman–Crippen LogP) is 4.26. The van der Waals surface area contributed by atoms with Crippen LogP contribution in [-0.2, 0) is 11.3 Å². The summed E-state index contributed by atoms with van der Waals surface area (Å²) in [6, 6.07) is 15.9. The van der Waals surface area contributed by atoms with Crippen molar-refractivity contribution in [2.24, 2.45) is 5.92 Å². The Morgan fingerprint density at radius 3 is 2.53 bits per heavy atom. The van der Waals surface area contributed by atoms with Crippen LogP contribution in [0, 0.1) is 18.7 Å². The zero-order valence-electron chi connectivity index (χ0n) is 21.4. The van der Waals surface area contributed by atoms with Gasteiger partial charge in [0, 0.05) is 45.3 Å². The highest BCUT2D eigenvalue weighted by Crippen LogP contribution is 2.32. The summed E-state index contributed by atoms with van der Waals surface area (Å²) in [5, 5.41) is 15.7. The normalized spacial score (nSPS) is 15.5. The van der Waals surface area contributed by atoms with E-state index in [4.69, 9.17) is 14.6 Å². The number of β-amino-alcohol motifs (C(OH)–C–C–N with tert-alkyl or cyclic N) is 1. The van der Waals surface area contributed by atoms with Gasteiger partial charge in [0.05, 0.1) is 36.3 Å². The minimum absolute atomic E-state index is 0.357. The van der Waals surface area contributed by atoms with Gasteiger partial charge >= 0.3 is 0 Å². The number of hydrogen-bond donors (Lipinski definition) is 1. The molecule has 1 saturated heterocycles. The van der Waals surface area contributed by atoms with Crippen molar-refractivity contribution in [3.8, 4) is 17.3 Å². The summed E-state index contributed by atoms with van der Waals surface area (Å²) in [4.78, 5) is 4.51. The van der Waals surface area contributed by atoms with Gasteiger partial charge in [-0.25, -0.2) is 9.07 Å². The van der Waals surface area contributed by atoms with Crippen molar-refractivity contribution in [2.75, 3.05) is 45.9 Å². The van der Waals surface area contributed by atoms with E-state index in [1.807, 2.05) is 37.3 Å². The van der Waals surface area contributed by atoms with Gasteiger partial charge in [0.2, 0.25) is 5.88 Å². The molecule has 0 bridgehead atoms. The Hall–Kier alpha value is -2.78. The highest BCUT2D eigenvalue weighted by molar-refractivity contribution is 5.43. The second kappa shape index (κ2) is 12.5. The van der Waals surface area contributed by atoms with Crippen LogP contribution in [0.1, 0.15) is 25.1 Å². The topological polar surface area (TPSA) is 63.0 Å². The van der Waals surface area contributed by atoms with Crippen LogP contribution in [0.25, 0.3) is 5.69 Å². The van der Waals surface area contributed by atoms with Crippen LogP contribution in [0.2, 0.25) is 0 Å². The van der Waals surface area contributed by atoms with Crippen LogP contribution >= 0.6 is 0 Å². The molecule has 36 heavy (non-hydrogen) atoms. The van der Waals surface area contributed by atoms with Gasteiger partial charge in [-0.3, -0.25) is 9.80 Å². The lowest BCUT2D eigenvalue weighted by Gasteiger charge is -2.31. The molecule has 0 amide bonds. The van der Waals surface area contributed by atoms with Crippen molar-refractivity contribution in [3.05, 3.63) is 71.7 Å². The number of benzene rings is 2. The molecule has 1 aliphatic rings. The lowest BCUT2D eigenvalue weighted by atomic mass is 10.1. The molecule has 0 aliphatic carbocycles. The van der Waals surface area contributed by atoms with Crippen molar-refractivity contribution in [1.82, 2.24) is 19.6 Å². The number of halogens is 1. The smallest absolute Gasteiger partial charge is 0.227 e. The first-order valence-electron chi connectivity index (χ1n) is 12.7. The monoisotopic (exact) mass is 496 g/mol. The second-order valence-corrected chi connectivity index (χ2v) is 9.83. The van der Waals surface area contributed by atoms with Gasteiger partial charge in [0.15, 0.2) is 0 Å². The summed E-state index contributed by atoms with van der Waals surface area (Å²) < 4.78 is 27.4. The first-order valence-corrected chi connectivity index (χ1v) is 12.7. The van der Waals surface area contributed by atoms with E-state index < -0.39 is 6.10 Å². The van der Waals surface area contributed by atoms with E-state index >= 15 is 0 Å². The molecule has 1 N–H and O–H groups in total. The van der Waals surface area contributed by atoms with Gasteiger partial charge in [0.1, 0.15) is 11.6 Å². The van der Waals surface area contributed by atoms with Gasteiger partial charge in [-0.1, -0.05) is 38.1 Å². The number of aliphatic hydroxyl groups excluding tert-OH is 1. The molecule has 7 nitrogen and oxygen atoms in total. The maximum absolute atomic E-state index is 13.9. The Bertz CT molecular complexity index is 1100. The highest BCUT2D eigenvalue weighted by Gasteiger charge is 2.24. The molecule has 0 radical (unpaired) electrons. The summed E-state index contributed by atoms with van der Waals surface area (Å²) in [5.74, 6) is 1.03. The molecule has 1 aliphatic heterocycles. The van der Waals surface area contributed by atoms with Gasteiger partial charge < -0.3 is 14.6 Å². The third-order valence-electron chi connectivity index (χ3n) is 6.20. The third kappa shape index (κ3) is 7.13. The van der Waals surface area contributed by atoms with Crippen LogP contribution in [0.4, 0.5) is 4.39 Å². The number of para-hydroxylation sites is 1. The van der Waals surface area contributed by atoms with E-state index in [1.54, 1.807) is 16.8 Å². The van der Waals surface area contributed by atoms with E-state index in [9.17, 15) is 9.50 Å². The number of aliphatic hydroxyl groups is 1. The molecular formula is C28H37FN4O3. The fourth-order valence-corrected chi connectivity index (χ4v) is 4.59. The van der Waals surface area contributed by atoms with E-state index in [0.717, 1.165) is 36.6 Å². The fraction of sp³-hybridized carbons (Fsp3) is 0.464. The second-order valence-electron chi connectivity index (χ2n) is 9.83. The van der Waals surface area contributed by atoms with Gasteiger partial charge in [0.25, 0.3) is 0 Å². The quantitative estimate of drug-likeness (QED) is 0.428. The summed E-state index contributed by atoms with van der Waals surface area (Å²) in [6.45, 7) is 11.9. The fourth-order valence-electron chi connectivity index (χ4n) is 4.59. The highest BCUT2D eigenvalue weighted by atomic mass is 19.1. The molecule has 8 heteroatoms. The van der Waals surface area contributed by atoms with Gasteiger partial charge in [-0.05, 0) is 37.1 Å². The molecule has 0 spiro atoms. The SMILES string of the molecule is Cc1nn(-c2ccccc2)c(Oc2cccc(F)c2)c1CN(CC(C)C)C[C@@H](O)CN1CCOCC1. The predicted molar refractivity (Wildman–Crippen MR) is 138 cm³/mol. The molecule has 0 unspecified atom stereocenters. The lowest BCUT2D eigenvalue weighted by molar-refractivity contribution is 0.00533. The van der Waals surface area contributed by atoms with E-state index in [0.29, 0.717) is 50.4 Å². The first-order chi connectivity index (χ1) is 17.4. The van der Waals surface area contributed by atoms with E-state index in [1.165, 1.54) is 12.1 Å². The Morgan fingerprint density at radius 1 is 1.08 bits per heavy atom. The average Bonchev–Trinajstić information content (AvgIpc) is 3.14. The molecule has 2 aromatic carbocycles. The van der Waals surface area contributed by atoms with Crippen molar-refractivity contribution < 1.29 is 19.0 Å². The zero-order chi connectivity index (χ0) is 25.5. The zero-order valence-corrected chi connectivity index (χ0v) is 21.4. The largest absolute Gasteiger partial charge is 0.438 e. The average molecular weight is 497 g/mol. The van der Waals surface area contributed by atoms with E-state index in [2.05, 4.69) is 23.6 Å². The number of nitrogens with zero attached hydrogens (tertiary/aromatic N) is 4. The molecule has 194 valence electrons. The number of hydrogen-bond acceptors (Lipinski definition) is 6. The van der Waals surface area contributed by atoms with Gasteiger partial charge in [-0.15, -0.1) is 0 Å². The Labute approximate surface area is 213 Å². The Kier molecular flexibility index (Phi) is 9.09. The number of aryl methyl sites for hydroxylation is 1. The molecule has 1 atom stereocenters. The van der Waals surface area contributed by atoms with Crippen LogP contribution in [0.15, 0.2) is 54.6 Å². The number of morpholine rings is 1. The molecule has 2 heterocycles. The molecule has 1 fully saturated rings. The number of rotatable bonds is 11. The molecule has 3 aromatic rings. The molecular weight excluding hydrogens is 459 g/mol. The molecule has 1 aromatic heterocycles. The summed E-state index contributed by atoms with van der Waals surface area (Å²) in [7, 11) is 0. The summed E-state index contributed by atoms with van der Waals surface area (Å²) >= 11 is 0. The standard InChI is InChI=1S/C28H37FN4O3/c1-21(2)17-32(19-25(34)18-31-12-14-35-15-13-31)20-27-22(3)30-33(24-9-5-4-6-10-24)28(27)36-26-11-7-8-23(29)16-26/h4-11,16,21,25,34H,12-15,17-20H2,1-3H3/t25-/m0/s1. The van der Waals surface area contributed by atoms with Crippen LogP contribution in [0.3, 0.4) is 0 Å². The Morgan fingerprint density at radius 2 is 1.83 bits per heavy atom. The van der Waals surface area contributed by atoms with Gasteiger partial charge in [-0.2, -0.15) is 5.10 Å². The van der Waals surface area contributed by atoms with Crippen LogP contribution < -0.4 is 4.74 Å². The van der Waals surface area contributed by atoms with E-state index in [-0.39, 0.29) is 5.82 Å². The number of ether oxygens (including phenoxy) is 2. The van der Waals surface area contributed by atoms with Crippen molar-refractivity contribution in [1.29, 1.82) is 0 Å². The first kappa shape index (κ1) is 26.3. The lowest BCUT2D eigenvalue weighted by Crippen LogP contribution is -2.45. The minimum atomic E-state index is -0.487. The van der Waals surface area contributed by atoms with Crippen molar-refractivity contribution in [3.63, 3.8) is 0 Å². The molecule has 4 rings (SSSR count). The maximum Gasteiger partial charge on any atom is 0.227 e. The Balaban J connectivity index is 1.61. The third-order valence-corrected chi connectivity index (χ3v) is 6.20. The van der Waals surface area contributed by atoms with Crippen molar-refractivity contribution >= 4 is 0 Å². The summed E-state index contributed by atoms with van der Waals surface area (Å²) in [5.41, 5.74) is 2.62. The minimum Gasteiger partial charge on any atom is -0.438 e. The summed E-state index contributed by atoms with van der Waals surface area (Å²) in [6.07, 6.45) is -0.487. The number of aromatic nitrogens is 2. The maximum atomic E-state index is 13.9. The molecule has 0 saturated carbocycles. The van der Waals surface area contributed by atoms with Crippen LogP contribution in [0.5, 0.6) is 11.6 Å². The van der Waals surface area contributed by atoms with Crippen molar-refractivity contribution in [2.45, 2.75) is 33.4 Å². The van der Waals surface area contributed by atoms with Crippen LogP contribution in [-0.4, -0.2) is 76.7 Å².